The molecule has 2 aromatic rings. The predicted molar refractivity (Wildman–Crippen MR) is 113 cm³/mol. The molecular weight excluding hydrogens is 451 g/mol. The van der Waals surface area contributed by atoms with E-state index in [0.717, 1.165) is 22.8 Å². The number of guanidine groups is 1. The van der Waals surface area contributed by atoms with Crippen molar-refractivity contribution in [2.75, 3.05) is 13.7 Å². The van der Waals surface area contributed by atoms with Gasteiger partial charge in [-0.3, -0.25) is 0 Å². The Morgan fingerprint density at radius 2 is 2.08 bits per heavy atom. The van der Waals surface area contributed by atoms with Gasteiger partial charge < -0.3 is 20.5 Å². The van der Waals surface area contributed by atoms with Gasteiger partial charge in [-0.25, -0.2) is 9.98 Å². The van der Waals surface area contributed by atoms with Gasteiger partial charge in [0, 0.05) is 17.0 Å². The highest BCUT2D eigenvalue weighted by molar-refractivity contribution is 14.0. The van der Waals surface area contributed by atoms with Gasteiger partial charge in [0.2, 0.25) is 0 Å². The van der Waals surface area contributed by atoms with E-state index in [0.29, 0.717) is 24.8 Å². The summed E-state index contributed by atoms with van der Waals surface area (Å²) < 4.78 is 5.19. The number of nitrogens with zero attached hydrogens (tertiary/aromatic N) is 2. The molecule has 0 aliphatic heterocycles. The van der Waals surface area contributed by atoms with Crippen molar-refractivity contribution in [3.63, 3.8) is 0 Å². The Labute approximate surface area is 169 Å². The fraction of sp³-hybridized carbons (Fsp3) is 0.412. The smallest absolute Gasteiger partial charge is 0.191 e. The monoisotopic (exact) mass is 476 g/mol. The van der Waals surface area contributed by atoms with Crippen LogP contribution in [0.25, 0.3) is 0 Å². The first-order valence-corrected chi connectivity index (χ1v) is 8.66. The summed E-state index contributed by atoms with van der Waals surface area (Å²) in [4.78, 5) is 10.2. The first kappa shape index (κ1) is 21.5. The largest absolute Gasteiger partial charge is 0.508 e. The van der Waals surface area contributed by atoms with Crippen LogP contribution in [-0.2, 0) is 13.1 Å². The number of aryl methyl sites for hydroxylation is 2. The third kappa shape index (κ3) is 6.35. The number of ether oxygens (including phenoxy) is 1. The van der Waals surface area contributed by atoms with E-state index in [4.69, 9.17) is 4.74 Å². The van der Waals surface area contributed by atoms with Crippen LogP contribution in [0.3, 0.4) is 0 Å². The van der Waals surface area contributed by atoms with E-state index in [-0.39, 0.29) is 29.7 Å². The lowest BCUT2D eigenvalue weighted by atomic mass is 10.2. The lowest BCUT2D eigenvalue weighted by Gasteiger charge is -2.11. The number of hydrogen-bond acceptors (Lipinski definition) is 5. The molecule has 0 saturated heterocycles. The molecule has 0 bridgehead atoms. The topological polar surface area (TPSA) is 78.8 Å². The molecule has 1 heterocycles. The lowest BCUT2D eigenvalue weighted by molar-refractivity contribution is 0.411. The van der Waals surface area contributed by atoms with Gasteiger partial charge >= 0.3 is 0 Å². The summed E-state index contributed by atoms with van der Waals surface area (Å²) >= 11 is 1.68. The highest BCUT2D eigenvalue weighted by atomic mass is 127. The predicted octanol–water partition coefficient (Wildman–Crippen LogP) is 3.35. The zero-order chi connectivity index (χ0) is 17.5. The molecule has 0 atom stereocenters. The van der Waals surface area contributed by atoms with Gasteiger partial charge in [-0.15, -0.1) is 35.3 Å². The van der Waals surface area contributed by atoms with E-state index in [1.165, 1.54) is 4.88 Å². The zero-order valence-electron chi connectivity index (χ0n) is 14.9. The summed E-state index contributed by atoms with van der Waals surface area (Å²) in [6.07, 6.45) is 0. The maximum Gasteiger partial charge on any atom is 0.191 e. The van der Waals surface area contributed by atoms with Crippen LogP contribution in [0.4, 0.5) is 0 Å². The number of benzene rings is 1. The average Bonchev–Trinajstić information content (AvgIpc) is 2.89. The van der Waals surface area contributed by atoms with Gasteiger partial charge in [-0.2, -0.15) is 0 Å². The van der Waals surface area contributed by atoms with Gasteiger partial charge in [0.05, 0.1) is 30.9 Å². The van der Waals surface area contributed by atoms with E-state index in [1.54, 1.807) is 36.6 Å². The number of phenols is 1. The van der Waals surface area contributed by atoms with E-state index >= 15 is 0 Å². The molecule has 3 N–H and O–H groups in total. The summed E-state index contributed by atoms with van der Waals surface area (Å²) in [5.41, 5.74) is 1.77. The zero-order valence-corrected chi connectivity index (χ0v) is 18.1. The van der Waals surface area contributed by atoms with Crippen molar-refractivity contribution in [1.82, 2.24) is 15.6 Å². The molecule has 8 heteroatoms. The number of methoxy groups -OCH3 is 1. The highest BCUT2D eigenvalue weighted by Gasteiger charge is 2.07. The Morgan fingerprint density at radius 1 is 1.32 bits per heavy atom. The third-order valence-corrected chi connectivity index (χ3v) is 4.53. The number of nitrogens with one attached hydrogen (secondary N) is 2. The quantitative estimate of drug-likeness (QED) is 0.339. The van der Waals surface area contributed by atoms with E-state index in [2.05, 4.69) is 20.6 Å². The molecule has 0 radical (unpaired) electrons. The molecule has 0 spiro atoms. The van der Waals surface area contributed by atoms with Gasteiger partial charge in [-0.05, 0) is 39.0 Å². The van der Waals surface area contributed by atoms with E-state index in [1.807, 2.05) is 20.8 Å². The van der Waals surface area contributed by atoms with Crippen molar-refractivity contribution in [3.05, 3.63) is 39.3 Å². The van der Waals surface area contributed by atoms with Crippen LogP contribution >= 0.6 is 35.3 Å². The SMILES string of the molecule is CCNC(=NCc1cc(OC)ccc1O)NCc1sc(C)nc1C.I. The lowest BCUT2D eigenvalue weighted by Crippen LogP contribution is -2.36. The molecule has 138 valence electrons. The summed E-state index contributed by atoms with van der Waals surface area (Å²) in [5.74, 6) is 1.61. The molecule has 0 unspecified atom stereocenters. The number of thiazole rings is 1. The first-order chi connectivity index (χ1) is 11.5. The van der Waals surface area contributed by atoms with Crippen LogP contribution in [0.2, 0.25) is 0 Å². The molecule has 0 amide bonds. The minimum atomic E-state index is 0. The maximum absolute atomic E-state index is 9.95. The summed E-state index contributed by atoms with van der Waals surface area (Å²) in [7, 11) is 1.60. The van der Waals surface area contributed by atoms with Crippen LogP contribution in [0.5, 0.6) is 11.5 Å². The second-order valence-corrected chi connectivity index (χ2v) is 6.57. The Kier molecular flexibility index (Phi) is 8.98. The Bertz CT molecular complexity index is 719. The molecule has 25 heavy (non-hydrogen) atoms. The standard InChI is InChI=1S/C17H24N4O2S.HI/c1-5-18-17(20-10-16-11(2)21-12(3)24-16)19-9-13-8-14(23-4)6-7-15(13)22;/h6-8,22H,5,9-10H2,1-4H3,(H2,18,19,20);1H. The number of phenolic OH excluding ortho intramolecular Hbond substituents is 1. The molecule has 2 rings (SSSR count). The van der Waals surface area contributed by atoms with Crippen molar-refractivity contribution in [2.24, 2.45) is 4.99 Å². The van der Waals surface area contributed by atoms with Crippen LogP contribution < -0.4 is 15.4 Å². The molecule has 1 aromatic heterocycles. The molecular formula is C17H25IN4O2S. The van der Waals surface area contributed by atoms with Crippen molar-refractivity contribution < 1.29 is 9.84 Å². The van der Waals surface area contributed by atoms with E-state index in [9.17, 15) is 5.11 Å². The summed E-state index contributed by atoms with van der Waals surface area (Å²) in [6.45, 7) is 7.83. The maximum atomic E-state index is 9.95. The van der Waals surface area contributed by atoms with Crippen LogP contribution in [0.1, 0.15) is 28.1 Å². The van der Waals surface area contributed by atoms with Crippen LogP contribution in [-0.4, -0.2) is 29.7 Å². The normalized spacial score (nSPS) is 11.0. The number of hydrogen-bond donors (Lipinski definition) is 3. The Balaban J connectivity index is 0.00000312. The second-order valence-electron chi connectivity index (χ2n) is 5.28. The Morgan fingerprint density at radius 3 is 2.68 bits per heavy atom. The molecule has 1 aromatic carbocycles. The van der Waals surface area contributed by atoms with E-state index < -0.39 is 0 Å². The van der Waals surface area contributed by atoms with Crippen LogP contribution in [0, 0.1) is 13.8 Å². The third-order valence-electron chi connectivity index (χ3n) is 3.45. The number of aliphatic imine (C=N–C) groups is 1. The van der Waals surface area contributed by atoms with Crippen molar-refractivity contribution in [3.8, 4) is 11.5 Å². The van der Waals surface area contributed by atoms with Crippen molar-refractivity contribution in [1.29, 1.82) is 0 Å². The number of aromatic hydroxyl groups is 1. The second kappa shape index (κ2) is 10.4. The van der Waals surface area contributed by atoms with Gasteiger partial charge in [0.1, 0.15) is 11.5 Å². The van der Waals surface area contributed by atoms with Gasteiger partial charge in [-0.1, -0.05) is 0 Å². The molecule has 0 aliphatic carbocycles. The Hall–Kier alpha value is -1.55. The molecule has 0 aliphatic rings. The van der Waals surface area contributed by atoms with Gasteiger partial charge in [0.15, 0.2) is 5.96 Å². The fourth-order valence-electron chi connectivity index (χ4n) is 2.22. The van der Waals surface area contributed by atoms with Crippen molar-refractivity contribution >= 4 is 41.3 Å². The summed E-state index contributed by atoms with van der Waals surface area (Å²) in [6, 6.07) is 5.13. The molecule has 6 nitrogen and oxygen atoms in total. The molecule has 0 saturated carbocycles. The minimum Gasteiger partial charge on any atom is -0.508 e. The fourth-order valence-corrected chi connectivity index (χ4v) is 3.10. The number of rotatable bonds is 6. The van der Waals surface area contributed by atoms with Crippen molar-refractivity contribution in [2.45, 2.75) is 33.9 Å². The number of halogens is 1. The van der Waals surface area contributed by atoms with Crippen LogP contribution in [0.15, 0.2) is 23.2 Å². The van der Waals surface area contributed by atoms with Gasteiger partial charge in [0.25, 0.3) is 0 Å². The first-order valence-electron chi connectivity index (χ1n) is 7.84. The average molecular weight is 476 g/mol. The summed E-state index contributed by atoms with van der Waals surface area (Å²) in [5, 5.41) is 17.5. The minimum absolute atomic E-state index is 0. The number of aromatic nitrogens is 1. The molecule has 0 fully saturated rings. The highest BCUT2D eigenvalue weighted by Crippen LogP contribution is 2.23.